The highest BCUT2D eigenvalue weighted by atomic mass is 79.9. The first-order chi connectivity index (χ1) is 13.7. The molecule has 3 aromatic rings. The van der Waals surface area contributed by atoms with Crippen molar-refractivity contribution >= 4 is 15.9 Å². The van der Waals surface area contributed by atoms with E-state index >= 15 is 0 Å². The van der Waals surface area contributed by atoms with Crippen LogP contribution in [-0.4, -0.2) is 23.7 Å². The standard InChI is InChI=1S/C22H23BrN2O3/c1-27-21-11-17(13-25-14-20(26)18-7-3-2-4-8-18)10-19(23)22(21)28-15-16-6-5-9-24-12-16/h2-12,20,25-26H,13-15H2,1H3/t20-/m0/s1. The minimum absolute atomic E-state index is 0.406. The number of pyridine rings is 1. The molecule has 146 valence electrons. The number of aliphatic hydroxyl groups is 1. The van der Waals surface area contributed by atoms with E-state index in [0.717, 1.165) is 21.2 Å². The zero-order chi connectivity index (χ0) is 19.8. The van der Waals surface area contributed by atoms with Gasteiger partial charge in [0.1, 0.15) is 6.61 Å². The van der Waals surface area contributed by atoms with E-state index in [1.807, 2.05) is 54.6 Å². The topological polar surface area (TPSA) is 63.6 Å². The Labute approximate surface area is 173 Å². The SMILES string of the molecule is COc1cc(CNC[C@H](O)c2ccccc2)cc(Br)c1OCc1cccnc1. The fraction of sp³-hybridized carbons (Fsp3) is 0.227. The number of aromatic nitrogens is 1. The lowest BCUT2D eigenvalue weighted by Gasteiger charge is -2.16. The normalized spacial score (nSPS) is 11.8. The van der Waals surface area contributed by atoms with Gasteiger partial charge >= 0.3 is 0 Å². The van der Waals surface area contributed by atoms with E-state index in [4.69, 9.17) is 9.47 Å². The van der Waals surface area contributed by atoms with Crippen LogP contribution >= 0.6 is 15.9 Å². The Kier molecular flexibility index (Phi) is 7.42. The quantitative estimate of drug-likeness (QED) is 0.518. The minimum atomic E-state index is -0.548. The first-order valence-corrected chi connectivity index (χ1v) is 9.78. The van der Waals surface area contributed by atoms with Crippen molar-refractivity contribution in [2.45, 2.75) is 19.3 Å². The molecule has 0 amide bonds. The molecule has 0 bridgehead atoms. The molecular weight excluding hydrogens is 420 g/mol. The zero-order valence-electron chi connectivity index (χ0n) is 15.6. The third-order valence-electron chi connectivity index (χ3n) is 4.25. The Morgan fingerprint density at radius 2 is 1.93 bits per heavy atom. The van der Waals surface area contributed by atoms with Crippen LogP contribution in [0.2, 0.25) is 0 Å². The summed E-state index contributed by atoms with van der Waals surface area (Å²) in [6, 6.07) is 17.4. The average molecular weight is 443 g/mol. The van der Waals surface area contributed by atoms with Gasteiger partial charge < -0.3 is 19.9 Å². The summed E-state index contributed by atoms with van der Waals surface area (Å²) in [7, 11) is 1.62. The number of nitrogens with zero attached hydrogens (tertiary/aromatic N) is 1. The summed E-state index contributed by atoms with van der Waals surface area (Å²) in [5, 5.41) is 13.5. The molecule has 0 saturated heterocycles. The monoisotopic (exact) mass is 442 g/mol. The first kappa shape index (κ1) is 20.3. The van der Waals surface area contributed by atoms with Crippen LogP contribution in [-0.2, 0) is 13.2 Å². The van der Waals surface area contributed by atoms with Crippen LogP contribution in [0.15, 0.2) is 71.5 Å². The molecule has 0 unspecified atom stereocenters. The highest BCUT2D eigenvalue weighted by Gasteiger charge is 2.13. The number of rotatable bonds is 9. The van der Waals surface area contributed by atoms with Gasteiger partial charge in [-0.05, 0) is 45.3 Å². The Bertz CT molecular complexity index is 876. The van der Waals surface area contributed by atoms with Crippen LogP contribution in [0.3, 0.4) is 0 Å². The largest absolute Gasteiger partial charge is 0.493 e. The average Bonchev–Trinajstić information content (AvgIpc) is 2.74. The van der Waals surface area contributed by atoms with Gasteiger partial charge in [-0.15, -0.1) is 0 Å². The summed E-state index contributed by atoms with van der Waals surface area (Å²) in [5.74, 6) is 1.30. The van der Waals surface area contributed by atoms with E-state index in [9.17, 15) is 5.11 Å². The molecule has 2 aromatic carbocycles. The number of hydrogen-bond acceptors (Lipinski definition) is 5. The van der Waals surface area contributed by atoms with Crippen molar-refractivity contribution in [1.29, 1.82) is 0 Å². The number of halogens is 1. The van der Waals surface area contributed by atoms with E-state index in [1.54, 1.807) is 19.5 Å². The van der Waals surface area contributed by atoms with Gasteiger partial charge in [-0.25, -0.2) is 0 Å². The van der Waals surface area contributed by atoms with Gasteiger partial charge in [0, 0.05) is 31.0 Å². The van der Waals surface area contributed by atoms with E-state index in [1.165, 1.54) is 0 Å². The number of methoxy groups -OCH3 is 1. The zero-order valence-corrected chi connectivity index (χ0v) is 17.2. The smallest absolute Gasteiger partial charge is 0.175 e. The van der Waals surface area contributed by atoms with Crippen molar-refractivity contribution < 1.29 is 14.6 Å². The van der Waals surface area contributed by atoms with E-state index in [-0.39, 0.29) is 0 Å². The lowest BCUT2D eigenvalue weighted by Crippen LogP contribution is -2.21. The van der Waals surface area contributed by atoms with Crippen molar-refractivity contribution in [2.24, 2.45) is 0 Å². The molecule has 1 heterocycles. The van der Waals surface area contributed by atoms with Gasteiger partial charge in [-0.3, -0.25) is 4.98 Å². The molecule has 0 saturated carbocycles. The third kappa shape index (κ3) is 5.55. The molecule has 1 atom stereocenters. The fourth-order valence-electron chi connectivity index (χ4n) is 2.80. The van der Waals surface area contributed by atoms with Gasteiger partial charge in [0.15, 0.2) is 11.5 Å². The van der Waals surface area contributed by atoms with Crippen LogP contribution in [0, 0.1) is 0 Å². The molecule has 0 fully saturated rings. The van der Waals surface area contributed by atoms with Crippen molar-refractivity contribution in [3.8, 4) is 11.5 Å². The molecule has 0 radical (unpaired) electrons. The summed E-state index contributed by atoms with van der Waals surface area (Å²) in [6.45, 7) is 1.47. The van der Waals surface area contributed by atoms with Crippen molar-refractivity contribution in [3.05, 3.63) is 88.2 Å². The third-order valence-corrected chi connectivity index (χ3v) is 4.84. The Morgan fingerprint density at radius 3 is 2.64 bits per heavy atom. The lowest BCUT2D eigenvalue weighted by atomic mass is 10.1. The van der Waals surface area contributed by atoms with E-state index in [0.29, 0.717) is 31.2 Å². The van der Waals surface area contributed by atoms with Crippen LogP contribution < -0.4 is 14.8 Å². The van der Waals surface area contributed by atoms with Gasteiger partial charge in [0.25, 0.3) is 0 Å². The number of nitrogens with one attached hydrogen (secondary N) is 1. The highest BCUT2D eigenvalue weighted by molar-refractivity contribution is 9.10. The van der Waals surface area contributed by atoms with E-state index in [2.05, 4.69) is 26.2 Å². The predicted octanol–water partition coefficient (Wildman–Crippen LogP) is 4.25. The molecule has 1 aromatic heterocycles. The Balaban J connectivity index is 1.60. The summed E-state index contributed by atoms with van der Waals surface area (Å²) >= 11 is 3.57. The predicted molar refractivity (Wildman–Crippen MR) is 112 cm³/mol. The van der Waals surface area contributed by atoms with Crippen molar-refractivity contribution in [3.63, 3.8) is 0 Å². The second-order valence-corrected chi connectivity index (χ2v) is 7.17. The second kappa shape index (κ2) is 10.2. The van der Waals surface area contributed by atoms with Crippen molar-refractivity contribution in [2.75, 3.05) is 13.7 Å². The molecule has 0 aliphatic carbocycles. The maximum absolute atomic E-state index is 10.3. The maximum atomic E-state index is 10.3. The molecular formula is C22H23BrN2O3. The summed E-state index contributed by atoms with van der Waals surface area (Å²) in [4.78, 5) is 4.09. The molecule has 0 aliphatic heterocycles. The number of ether oxygens (including phenoxy) is 2. The molecule has 3 rings (SSSR count). The van der Waals surface area contributed by atoms with Crippen molar-refractivity contribution in [1.82, 2.24) is 10.3 Å². The fourth-order valence-corrected chi connectivity index (χ4v) is 3.40. The van der Waals surface area contributed by atoms with Gasteiger partial charge in [-0.2, -0.15) is 0 Å². The first-order valence-electron chi connectivity index (χ1n) is 8.99. The number of aliphatic hydroxyl groups excluding tert-OH is 1. The molecule has 2 N–H and O–H groups in total. The molecule has 0 spiro atoms. The molecule has 6 heteroatoms. The van der Waals surface area contributed by atoms with Gasteiger partial charge in [0.05, 0.1) is 17.7 Å². The highest BCUT2D eigenvalue weighted by Crippen LogP contribution is 2.37. The summed E-state index contributed by atoms with van der Waals surface area (Å²) < 4.78 is 12.2. The van der Waals surface area contributed by atoms with Gasteiger partial charge in [0.2, 0.25) is 0 Å². The number of benzene rings is 2. The van der Waals surface area contributed by atoms with Crippen LogP contribution in [0.5, 0.6) is 11.5 Å². The Morgan fingerprint density at radius 1 is 1.11 bits per heavy atom. The minimum Gasteiger partial charge on any atom is -0.493 e. The second-order valence-electron chi connectivity index (χ2n) is 6.32. The Hall–Kier alpha value is -2.41. The van der Waals surface area contributed by atoms with E-state index < -0.39 is 6.10 Å². The van der Waals surface area contributed by atoms with Crippen LogP contribution in [0.1, 0.15) is 22.8 Å². The maximum Gasteiger partial charge on any atom is 0.175 e. The molecule has 0 aliphatic rings. The lowest BCUT2D eigenvalue weighted by molar-refractivity contribution is 0.174. The molecule has 5 nitrogen and oxygen atoms in total. The summed E-state index contributed by atoms with van der Waals surface area (Å²) in [6.07, 6.45) is 2.96. The number of hydrogen-bond donors (Lipinski definition) is 2. The molecule has 28 heavy (non-hydrogen) atoms. The van der Waals surface area contributed by atoms with Crippen LogP contribution in [0.25, 0.3) is 0 Å². The summed E-state index contributed by atoms with van der Waals surface area (Å²) in [5.41, 5.74) is 2.91. The van der Waals surface area contributed by atoms with Gasteiger partial charge in [-0.1, -0.05) is 36.4 Å². The van der Waals surface area contributed by atoms with Crippen LogP contribution in [0.4, 0.5) is 0 Å².